The third-order valence-corrected chi connectivity index (χ3v) is 3.40. The van der Waals surface area contributed by atoms with E-state index in [0.29, 0.717) is 11.5 Å². The summed E-state index contributed by atoms with van der Waals surface area (Å²) in [7, 11) is 0. The van der Waals surface area contributed by atoms with Crippen LogP contribution in [0, 0.1) is 22.7 Å². The summed E-state index contributed by atoms with van der Waals surface area (Å²) < 4.78 is 10.5. The number of rotatable bonds is 5. The van der Waals surface area contributed by atoms with Crippen molar-refractivity contribution >= 4 is 11.9 Å². The molecule has 0 amide bonds. The largest absolute Gasteiger partial charge is 0.492 e. The number of esters is 1. The topological polar surface area (TPSA) is 96.6 Å². The van der Waals surface area contributed by atoms with Crippen molar-refractivity contribution in [2.24, 2.45) is 11.3 Å². The standard InChI is InChI=1S/C17H15NO5/c1-12(19)23-14-7-5-13(6-8-14)22-11-17(10-18)9-3-2-4-15(17)16(20)21/h2-9,15H,11H2,1H3,(H,20,21). The Morgan fingerprint density at radius 3 is 2.48 bits per heavy atom. The van der Waals surface area contributed by atoms with Crippen LogP contribution in [0.3, 0.4) is 0 Å². The molecule has 2 rings (SSSR count). The van der Waals surface area contributed by atoms with E-state index in [4.69, 9.17) is 9.47 Å². The minimum Gasteiger partial charge on any atom is -0.492 e. The van der Waals surface area contributed by atoms with Crippen LogP contribution in [-0.4, -0.2) is 23.7 Å². The second kappa shape index (κ2) is 6.79. The summed E-state index contributed by atoms with van der Waals surface area (Å²) in [5, 5.41) is 18.7. The summed E-state index contributed by atoms with van der Waals surface area (Å²) >= 11 is 0. The van der Waals surface area contributed by atoms with Crippen molar-refractivity contribution in [2.75, 3.05) is 6.61 Å². The van der Waals surface area contributed by atoms with Gasteiger partial charge in [-0.3, -0.25) is 9.59 Å². The molecule has 0 saturated carbocycles. The molecule has 1 aliphatic rings. The van der Waals surface area contributed by atoms with Gasteiger partial charge in [-0.1, -0.05) is 24.3 Å². The Morgan fingerprint density at radius 1 is 1.26 bits per heavy atom. The van der Waals surface area contributed by atoms with Gasteiger partial charge in [0.05, 0.1) is 6.07 Å². The molecule has 0 heterocycles. The predicted molar refractivity (Wildman–Crippen MR) is 80.7 cm³/mol. The molecule has 2 atom stereocenters. The fourth-order valence-electron chi connectivity index (χ4n) is 2.23. The van der Waals surface area contributed by atoms with E-state index < -0.39 is 23.3 Å². The Hall–Kier alpha value is -3.07. The van der Waals surface area contributed by atoms with Crippen molar-refractivity contribution in [1.82, 2.24) is 0 Å². The number of benzene rings is 1. The minimum absolute atomic E-state index is 0.103. The fourth-order valence-corrected chi connectivity index (χ4v) is 2.23. The van der Waals surface area contributed by atoms with Gasteiger partial charge in [-0.05, 0) is 24.3 Å². The number of aliphatic carboxylic acids is 1. The van der Waals surface area contributed by atoms with E-state index in [0.717, 1.165) is 0 Å². The number of hydrogen-bond acceptors (Lipinski definition) is 5. The zero-order valence-corrected chi connectivity index (χ0v) is 12.4. The first-order valence-corrected chi connectivity index (χ1v) is 6.88. The first-order valence-electron chi connectivity index (χ1n) is 6.88. The van der Waals surface area contributed by atoms with Gasteiger partial charge in [0.25, 0.3) is 0 Å². The molecule has 0 fully saturated rings. The van der Waals surface area contributed by atoms with Gasteiger partial charge in [0.2, 0.25) is 0 Å². The van der Waals surface area contributed by atoms with Crippen LogP contribution in [0.4, 0.5) is 0 Å². The summed E-state index contributed by atoms with van der Waals surface area (Å²) in [5.74, 6) is -1.66. The van der Waals surface area contributed by atoms with E-state index in [2.05, 4.69) is 0 Å². The molecule has 0 spiro atoms. The first-order chi connectivity index (χ1) is 11.0. The Kier molecular flexibility index (Phi) is 4.82. The molecule has 0 bridgehead atoms. The number of ether oxygens (including phenoxy) is 2. The van der Waals surface area contributed by atoms with Gasteiger partial charge in [-0.2, -0.15) is 5.26 Å². The van der Waals surface area contributed by atoms with E-state index in [9.17, 15) is 20.0 Å². The second-order valence-electron chi connectivity index (χ2n) is 5.07. The third-order valence-electron chi connectivity index (χ3n) is 3.40. The molecular formula is C17H15NO5. The molecular weight excluding hydrogens is 298 g/mol. The summed E-state index contributed by atoms with van der Waals surface area (Å²) in [6.45, 7) is 1.20. The minimum atomic E-state index is -1.27. The van der Waals surface area contributed by atoms with Crippen molar-refractivity contribution in [3.63, 3.8) is 0 Å². The smallest absolute Gasteiger partial charge is 0.312 e. The van der Waals surface area contributed by atoms with E-state index in [1.54, 1.807) is 42.5 Å². The Balaban J connectivity index is 2.10. The van der Waals surface area contributed by atoms with E-state index in [1.165, 1.54) is 13.0 Å². The highest BCUT2D eigenvalue weighted by molar-refractivity contribution is 5.75. The van der Waals surface area contributed by atoms with Crippen LogP contribution in [0.15, 0.2) is 48.6 Å². The van der Waals surface area contributed by atoms with E-state index in [1.807, 2.05) is 6.07 Å². The van der Waals surface area contributed by atoms with Gasteiger partial charge in [0, 0.05) is 6.92 Å². The highest BCUT2D eigenvalue weighted by Crippen LogP contribution is 2.34. The van der Waals surface area contributed by atoms with Gasteiger partial charge in [0.15, 0.2) is 0 Å². The highest BCUT2D eigenvalue weighted by Gasteiger charge is 2.42. The molecule has 0 saturated heterocycles. The molecule has 6 nitrogen and oxygen atoms in total. The molecule has 0 aromatic heterocycles. The SMILES string of the molecule is CC(=O)Oc1ccc(OCC2(C#N)C=CC=CC2C(=O)O)cc1. The monoisotopic (exact) mass is 313 g/mol. The molecule has 118 valence electrons. The van der Waals surface area contributed by atoms with Gasteiger partial charge < -0.3 is 14.6 Å². The summed E-state index contributed by atoms with van der Waals surface area (Å²) in [6, 6.07) is 8.33. The Morgan fingerprint density at radius 2 is 1.91 bits per heavy atom. The number of carboxylic acids is 1. The summed E-state index contributed by atoms with van der Waals surface area (Å²) in [4.78, 5) is 22.2. The average Bonchev–Trinajstić information content (AvgIpc) is 2.53. The molecule has 0 aliphatic heterocycles. The summed E-state index contributed by atoms with van der Waals surface area (Å²) in [5.41, 5.74) is -1.27. The van der Waals surface area contributed by atoms with Crippen LogP contribution >= 0.6 is 0 Å². The first kappa shape index (κ1) is 16.3. The lowest BCUT2D eigenvalue weighted by Gasteiger charge is -2.29. The lowest BCUT2D eigenvalue weighted by atomic mass is 9.74. The number of carbonyl (C=O) groups is 2. The number of nitrogens with zero attached hydrogens (tertiary/aromatic N) is 1. The number of carboxylic acid groups (broad SMARTS) is 1. The zero-order valence-electron chi connectivity index (χ0n) is 12.4. The normalized spacial score (nSPS) is 22.2. The van der Waals surface area contributed by atoms with Gasteiger partial charge >= 0.3 is 11.9 Å². The predicted octanol–water partition coefficient (Wildman–Crippen LogP) is 2.33. The second-order valence-corrected chi connectivity index (χ2v) is 5.07. The molecule has 2 unspecified atom stereocenters. The average molecular weight is 313 g/mol. The molecule has 23 heavy (non-hydrogen) atoms. The number of hydrogen-bond donors (Lipinski definition) is 1. The van der Waals surface area contributed by atoms with Crippen LogP contribution in [0.2, 0.25) is 0 Å². The van der Waals surface area contributed by atoms with Crippen molar-refractivity contribution < 1.29 is 24.2 Å². The molecule has 1 aromatic carbocycles. The van der Waals surface area contributed by atoms with Crippen LogP contribution in [0.1, 0.15) is 6.92 Å². The summed E-state index contributed by atoms with van der Waals surface area (Å²) in [6.07, 6.45) is 6.25. The maximum absolute atomic E-state index is 11.3. The molecule has 1 N–H and O–H groups in total. The molecule has 1 aliphatic carbocycles. The molecule has 0 radical (unpaired) electrons. The van der Waals surface area contributed by atoms with Crippen LogP contribution < -0.4 is 9.47 Å². The van der Waals surface area contributed by atoms with Crippen LogP contribution in [-0.2, 0) is 9.59 Å². The van der Waals surface area contributed by atoms with Crippen molar-refractivity contribution in [3.8, 4) is 17.6 Å². The van der Waals surface area contributed by atoms with Gasteiger partial charge in [-0.15, -0.1) is 0 Å². The lowest BCUT2D eigenvalue weighted by Crippen LogP contribution is -2.38. The van der Waals surface area contributed by atoms with Gasteiger partial charge in [0.1, 0.15) is 29.4 Å². The van der Waals surface area contributed by atoms with E-state index in [-0.39, 0.29) is 6.61 Å². The number of allylic oxidation sites excluding steroid dienone is 2. The van der Waals surface area contributed by atoms with Crippen molar-refractivity contribution in [3.05, 3.63) is 48.6 Å². The maximum atomic E-state index is 11.3. The Bertz CT molecular complexity index is 699. The quantitative estimate of drug-likeness (QED) is 0.662. The van der Waals surface area contributed by atoms with Crippen LogP contribution in [0.25, 0.3) is 0 Å². The van der Waals surface area contributed by atoms with Crippen molar-refractivity contribution in [2.45, 2.75) is 6.92 Å². The lowest BCUT2D eigenvalue weighted by molar-refractivity contribution is -0.142. The van der Waals surface area contributed by atoms with Crippen LogP contribution in [0.5, 0.6) is 11.5 Å². The highest BCUT2D eigenvalue weighted by atomic mass is 16.5. The van der Waals surface area contributed by atoms with E-state index >= 15 is 0 Å². The number of nitriles is 1. The molecule has 1 aromatic rings. The third kappa shape index (κ3) is 3.77. The zero-order chi connectivity index (χ0) is 16.9. The van der Waals surface area contributed by atoms with Gasteiger partial charge in [-0.25, -0.2) is 0 Å². The number of carbonyl (C=O) groups excluding carboxylic acids is 1. The fraction of sp³-hybridized carbons (Fsp3) is 0.235. The molecule has 6 heteroatoms. The van der Waals surface area contributed by atoms with Crippen molar-refractivity contribution in [1.29, 1.82) is 5.26 Å². The Labute approximate surface area is 133 Å². The maximum Gasteiger partial charge on any atom is 0.312 e.